The summed E-state index contributed by atoms with van der Waals surface area (Å²) in [7, 11) is 0. The van der Waals surface area contributed by atoms with Crippen molar-refractivity contribution in [3.05, 3.63) is 65.7 Å². The maximum atomic E-state index is 13.0. The average Bonchev–Trinajstić information content (AvgIpc) is 3.03. The van der Waals surface area contributed by atoms with Crippen molar-refractivity contribution >= 4 is 16.9 Å². The van der Waals surface area contributed by atoms with Crippen LogP contribution in [-0.4, -0.2) is 22.0 Å². The number of imidazole rings is 1. The predicted molar refractivity (Wildman–Crippen MR) is 106 cm³/mol. The molecular weight excluding hydrogens is 341 g/mol. The summed E-state index contributed by atoms with van der Waals surface area (Å²) in [6.45, 7) is 3.65. The lowest BCUT2D eigenvalue weighted by atomic mass is 10.2. The first kappa shape index (κ1) is 19.1. The highest BCUT2D eigenvalue weighted by Crippen LogP contribution is 2.18. The number of amides is 1. The van der Waals surface area contributed by atoms with Crippen molar-refractivity contribution in [3.63, 3.8) is 0 Å². The number of unbranched alkanes of at least 4 members (excludes halogenated alkanes) is 3. The summed E-state index contributed by atoms with van der Waals surface area (Å²) in [5.74, 6) is 0.455. The molecule has 0 bridgehead atoms. The molecule has 0 aliphatic carbocycles. The molecule has 0 saturated carbocycles. The van der Waals surface area contributed by atoms with Crippen molar-refractivity contribution in [2.24, 2.45) is 0 Å². The largest absolute Gasteiger partial charge is 0.352 e. The smallest absolute Gasteiger partial charge is 0.251 e. The van der Waals surface area contributed by atoms with E-state index in [1.807, 2.05) is 18.2 Å². The summed E-state index contributed by atoms with van der Waals surface area (Å²) in [6.07, 6.45) is 5.46. The van der Waals surface area contributed by atoms with Gasteiger partial charge in [-0.15, -0.1) is 0 Å². The van der Waals surface area contributed by atoms with Gasteiger partial charge in [0.15, 0.2) is 0 Å². The van der Waals surface area contributed by atoms with Crippen LogP contribution in [0.15, 0.2) is 48.5 Å². The van der Waals surface area contributed by atoms with E-state index in [1.165, 1.54) is 43.5 Å². The molecule has 1 heterocycles. The van der Waals surface area contributed by atoms with Crippen molar-refractivity contribution in [1.29, 1.82) is 0 Å². The van der Waals surface area contributed by atoms with Crippen molar-refractivity contribution < 1.29 is 9.18 Å². The van der Waals surface area contributed by atoms with Crippen LogP contribution < -0.4 is 5.32 Å². The standard InChI is InChI=1S/C22H26FN3O/c1-2-3-4-7-16-26-20-9-6-5-8-19(20)25-21(26)14-15-24-22(27)17-10-12-18(23)13-11-17/h5-6,8-13H,2-4,7,14-16H2,1H3,(H,24,27). The van der Waals surface area contributed by atoms with Gasteiger partial charge < -0.3 is 9.88 Å². The van der Waals surface area contributed by atoms with Gasteiger partial charge in [0.25, 0.3) is 5.91 Å². The van der Waals surface area contributed by atoms with Crippen LogP contribution in [0, 0.1) is 5.82 Å². The summed E-state index contributed by atoms with van der Waals surface area (Å²) in [4.78, 5) is 16.9. The van der Waals surface area contributed by atoms with E-state index < -0.39 is 0 Å². The second kappa shape index (κ2) is 9.31. The maximum absolute atomic E-state index is 13.0. The highest BCUT2D eigenvalue weighted by molar-refractivity contribution is 5.94. The van der Waals surface area contributed by atoms with E-state index in [4.69, 9.17) is 4.98 Å². The maximum Gasteiger partial charge on any atom is 0.251 e. The number of aryl methyl sites for hydroxylation is 1. The summed E-state index contributed by atoms with van der Waals surface area (Å²) >= 11 is 0. The minimum Gasteiger partial charge on any atom is -0.352 e. The molecule has 5 heteroatoms. The fraction of sp³-hybridized carbons (Fsp3) is 0.364. The number of hydrogen-bond acceptors (Lipinski definition) is 2. The minimum atomic E-state index is -0.344. The Hall–Kier alpha value is -2.69. The molecule has 0 atom stereocenters. The lowest BCUT2D eigenvalue weighted by Crippen LogP contribution is -2.26. The van der Waals surface area contributed by atoms with Gasteiger partial charge in [-0.1, -0.05) is 38.3 Å². The Bertz CT molecular complexity index is 886. The third-order valence-electron chi connectivity index (χ3n) is 4.71. The zero-order valence-corrected chi connectivity index (χ0v) is 15.7. The van der Waals surface area contributed by atoms with Crippen LogP contribution in [0.2, 0.25) is 0 Å². The molecule has 3 aromatic rings. The molecule has 0 unspecified atom stereocenters. The van der Waals surface area contributed by atoms with E-state index in [9.17, 15) is 9.18 Å². The van der Waals surface area contributed by atoms with Gasteiger partial charge in [0.2, 0.25) is 0 Å². The van der Waals surface area contributed by atoms with Crippen LogP contribution in [0.4, 0.5) is 4.39 Å². The second-order valence-corrected chi connectivity index (χ2v) is 6.74. The van der Waals surface area contributed by atoms with Gasteiger partial charge in [0, 0.05) is 25.1 Å². The molecule has 0 aliphatic heterocycles. The molecule has 2 aromatic carbocycles. The monoisotopic (exact) mass is 367 g/mol. The Kier molecular flexibility index (Phi) is 6.58. The molecule has 0 radical (unpaired) electrons. The van der Waals surface area contributed by atoms with Gasteiger partial charge in [0.1, 0.15) is 11.6 Å². The highest BCUT2D eigenvalue weighted by Gasteiger charge is 2.11. The van der Waals surface area contributed by atoms with Crippen molar-refractivity contribution in [2.45, 2.75) is 45.6 Å². The van der Waals surface area contributed by atoms with E-state index in [-0.39, 0.29) is 11.7 Å². The molecule has 1 amide bonds. The quantitative estimate of drug-likeness (QED) is 0.556. The Morgan fingerprint density at radius 3 is 2.63 bits per heavy atom. The van der Waals surface area contributed by atoms with Crippen LogP contribution in [0.3, 0.4) is 0 Å². The van der Waals surface area contributed by atoms with Gasteiger partial charge in [-0.25, -0.2) is 9.37 Å². The summed E-state index contributed by atoms with van der Waals surface area (Å²) in [5, 5.41) is 2.90. The van der Waals surface area contributed by atoms with E-state index in [2.05, 4.69) is 22.9 Å². The Labute approximate surface area is 159 Å². The molecule has 1 aromatic heterocycles. The first-order valence-corrected chi connectivity index (χ1v) is 9.67. The van der Waals surface area contributed by atoms with E-state index in [0.29, 0.717) is 18.5 Å². The van der Waals surface area contributed by atoms with E-state index >= 15 is 0 Å². The number of nitrogens with zero attached hydrogens (tertiary/aromatic N) is 2. The van der Waals surface area contributed by atoms with Gasteiger partial charge >= 0.3 is 0 Å². The first-order chi connectivity index (χ1) is 13.2. The minimum absolute atomic E-state index is 0.194. The lowest BCUT2D eigenvalue weighted by Gasteiger charge is -2.10. The fourth-order valence-electron chi connectivity index (χ4n) is 3.25. The molecule has 0 aliphatic rings. The molecule has 0 saturated heterocycles. The second-order valence-electron chi connectivity index (χ2n) is 6.74. The molecule has 1 N–H and O–H groups in total. The lowest BCUT2D eigenvalue weighted by molar-refractivity contribution is 0.0954. The Morgan fingerprint density at radius 2 is 1.85 bits per heavy atom. The molecule has 0 fully saturated rings. The number of carbonyl (C=O) groups excluding carboxylic acids is 1. The Balaban J connectivity index is 1.64. The molecule has 142 valence electrons. The molecule has 27 heavy (non-hydrogen) atoms. The Morgan fingerprint density at radius 1 is 1.07 bits per heavy atom. The number of para-hydroxylation sites is 2. The first-order valence-electron chi connectivity index (χ1n) is 9.67. The zero-order valence-electron chi connectivity index (χ0n) is 15.7. The zero-order chi connectivity index (χ0) is 19.1. The van der Waals surface area contributed by atoms with Crippen molar-refractivity contribution in [2.75, 3.05) is 6.54 Å². The molecule has 4 nitrogen and oxygen atoms in total. The summed E-state index contributed by atoms with van der Waals surface area (Å²) in [5.41, 5.74) is 2.60. The summed E-state index contributed by atoms with van der Waals surface area (Å²) < 4.78 is 15.2. The number of halogens is 1. The molecule has 0 spiro atoms. The number of rotatable bonds is 9. The number of hydrogen-bond donors (Lipinski definition) is 1. The van der Waals surface area contributed by atoms with Gasteiger partial charge in [-0.2, -0.15) is 0 Å². The van der Waals surface area contributed by atoms with E-state index in [1.54, 1.807) is 0 Å². The normalized spacial score (nSPS) is 11.0. The van der Waals surface area contributed by atoms with Gasteiger partial charge in [-0.3, -0.25) is 4.79 Å². The van der Waals surface area contributed by atoms with Gasteiger partial charge in [-0.05, 0) is 42.8 Å². The fourth-order valence-corrected chi connectivity index (χ4v) is 3.25. The topological polar surface area (TPSA) is 46.9 Å². The number of nitrogens with one attached hydrogen (secondary N) is 1. The SMILES string of the molecule is CCCCCCn1c(CCNC(=O)c2ccc(F)cc2)nc2ccccc21. The highest BCUT2D eigenvalue weighted by atomic mass is 19.1. The number of fused-ring (bicyclic) bond motifs is 1. The van der Waals surface area contributed by atoms with Crippen molar-refractivity contribution in [1.82, 2.24) is 14.9 Å². The third-order valence-corrected chi connectivity index (χ3v) is 4.71. The van der Waals surface area contributed by atoms with Gasteiger partial charge in [0.05, 0.1) is 11.0 Å². The number of carbonyl (C=O) groups is 1. The van der Waals surface area contributed by atoms with Crippen LogP contribution in [0.1, 0.15) is 48.8 Å². The summed E-state index contributed by atoms with van der Waals surface area (Å²) in [6, 6.07) is 13.7. The molecule has 3 rings (SSSR count). The van der Waals surface area contributed by atoms with E-state index in [0.717, 1.165) is 29.8 Å². The van der Waals surface area contributed by atoms with Crippen molar-refractivity contribution in [3.8, 4) is 0 Å². The third kappa shape index (κ3) is 4.94. The predicted octanol–water partition coefficient (Wildman–Crippen LogP) is 4.73. The average molecular weight is 367 g/mol. The van der Waals surface area contributed by atoms with Crippen LogP contribution in [0.25, 0.3) is 11.0 Å². The van der Waals surface area contributed by atoms with Crippen LogP contribution >= 0.6 is 0 Å². The number of benzene rings is 2. The molecular formula is C22H26FN3O. The van der Waals surface area contributed by atoms with Crippen LogP contribution in [-0.2, 0) is 13.0 Å². The van der Waals surface area contributed by atoms with Crippen LogP contribution in [0.5, 0.6) is 0 Å². The number of aromatic nitrogens is 2.